The number of hydrogen-bond donors (Lipinski definition) is 1. The maximum Gasteiger partial charge on any atom is 0.246 e. The molecule has 0 unspecified atom stereocenters. The number of carbonyl (C=O) groups excluding carboxylic acids is 1. The zero-order chi connectivity index (χ0) is 15.3. The van der Waals surface area contributed by atoms with Gasteiger partial charge in [-0.1, -0.05) is 6.07 Å². The van der Waals surface area contributed by atoms with Crippen molar-refractivity contribution >= 4 is 22.0 Å². The fourth-order valence-electron chi connectivity index (χ4n) is 2.32. The van der Waals surface area contributed by atoms with Crippen LogP contribution >= 0.6 is 0 Å². The van der Waals surface area contributed by atoms with Crippen molar-refractivity contribution in [1.29, 1.82) is 0 Å². The highest BCUT2D eigenvalue weighted by molar-refractivity contribution is 7.88. The highest BCUT2D eigenvalue weighted by Gasteiger charge is 2.24. The highest BCUT2D eigenvalue weighted by atomic mass is 32.2. The van der Waals surface area contributed by atoms with Gasteiger partial charge in [-0.15, -0.1) is 0 Å². The molecule has 0 saturated carbocycles. The second kappa shape index (κ2) is 6.82. The molecular formula is C14H19N3O3S. The lowest BCUT2D eigenvalue weighted by Gasteiger charge is -2.32. The second-order valence-electron chi connectivity index (χ2n) is 5.13. The number of likely N-dealkylation sites (tertiary alicyclic amines) is 1. The van der Waals surface area contributed by atoms with Crippen molar-refractivity contribution in [3.05, 3.63) is 36.2 Å². The quantitative estimate of drug-likeness (QED) is 0.828. The molecule has 21 heavy (non-hydrogen) atoms. The number of nitrogens with one attached hydrogen (secondary N) is 1. The smallest absolute Gasteiger partial charge is 0.246 e. The molecule has 1 N–H and O–H groups in total. The van der Waals surface area contributed by atoms with Crippen LogP contribution in [0.3, 0.4) is 0 Å². The van der Waals surface area contributed by atoms with Crippen LogP contribution in [-0.4, -0.2) is 49.6 Å². The summed E-state index contributed by atoms with van der Waals surface area (Å²) in [7, 11) is -3.24. The van der Waals surface area contributed by atoms with Crippen molar-refractivity contribution in [2.24, 2.45) is 0 Å². The summed E-state index contributed by atoms with van der Waals surface area (Å²) >= 11 is 0. The number of piperidine rings is 1. The third-order valence-electron chi connectivity index (χ3n) is 3.22. The van der Waals surface area contributed by atoms with Crippen molar-refractivity contribution < 1.29 is 13.2 Å². The van der Waals surface area contributed by atoms with Crippen LogP contribution in [0.2, 0.25) is 0 Å². The number of nitrogens with zero attached hydrogens (tertiary/aromatic N) is 2. The molecule has 0 bridgehead atoms. The number of aromatic nitrogens is 1. The molecule has 0 aliphatic carbocycles. The van der Waals surface area contributed by atoms with E-state index in [2.05, 4.69) is 9.71 Å². The average molecular weight is 309 g/mol. The van der Waals surface area contributed by atoms with Gasteiger partial charge < -0.3 is 4.90 Å². The summed E-state index contributed by atoms with van der Waals surface area (Å²) in [5.74, 6) is -0.112. The van der Waals surface area contributed by atoms with Gasteiger partial charge in [0, 0.05) is 37.6 Å². The third kappa shape index (κ3) is 5.28. The Bertz CT molecular complexity index is 614. The van der Waals surface area contributed by atoms with Crippen LogP contribution in [0.25, 0.3) is 6.08 Å². The Hall–Kier alpha value is -1.73. The summed E-state index contributed by atoms with van der Waals surface area (Å²) in [4.78, 5) is 17.8. The van der Waals surface area contributed by atoms with Gasteiger partial charge in [-0.2, -0.15) is 0 Å². The monoisotopic (exact) mass is 309 g/mol. The summed E-state index contributed by atoms with van der Waals surface area (Å²) in [5.41, 5.74) is 0.855. The molecule has 0 spiro atoms. The molecule has 114 valence electrons. The summed E-state index contributed by atoms with van der Waals surface area (Å²) in [6.07, 6.45) is 9.24. The van der Waals surface area contributed by atoms with Crippen LogP contribution in [0, 0.1) is 0 Å². The molecule has 0 radical (unpaired) electrons. The van der Waals surface area contributed by atoms with Crippen LogP contribution in [-0.2, 0) is 14.8 Å². The van der Waals surface area contributed by atoms with Gasteiger partial charge in [0.05, 0.1) is 6.26 Å². The van der Waals surface area contributed by atoms with E-state index in [1.54, 1.807) is 29.4 Å². The molecular weight excluding hydrogens is 290 g/mol. The topological polar surface area (TPSA) is 79.4 Å². The maximum absolute atomic E-state index is 12.1. The third-order valence-corrected chi connectivity index (χ3v) is 3.98. The molecule has 1 amide bonds. The minimum atomic E-state index is -3.24. The SMILES string of the molecule is CS(=O)(=O)N[C@H]1CCCN(C(=O)/C=C/c2cccnc2)C1. The lowest BCUT2D eigenvalue weighted by molar-refractivity contribution is -0.127. The van der Waals surface area contributed by atoms with Crippen molar-refractivity contribution in [3.8, 4) is 0 Å². The van der Waals surface area contributed by atoms with Crippen molar-refractivity contribution in [1.82, 2.24) is 14.6 Å². The standard InChI is InChI=1S/C14H19N3O3S/c1-21(19,20)16-13-5-3-9-17(11-13)14(18)7-6-12-4-2-8-15-10-12/h2,4,6-8,10,13,16H,3,5,9,11H2,1H3/b7-6+/t13-/m0/s1. The molecule has 1 aromatic heterocycles. The van der Waals surface area contributed by atoms with Gasteiger partial charge in [0.25, 0.3) is 0 Å². The molecule has 6 nitrogen and oxygen atoms in total. The number of rotatable bonds is 4. The van der Waals surface area contributed by atoms with Crippen LogP contribution in [0.1, 0.15) is 18.4 Å². The summed E-state index contributed by atoms with van der Waals surface area (Å²) in [6.45, 7) is 1.06. The number of sulfonamides is 1. The number of amides is 1. The lowest BCUT2D eigenvalue weighted by atomic mass is 10.1. The van der Waals surface area contributed by atoms with Gasteiger partial charge in [0.1, 0.15) is 0 Å². The largest absolute Gasteiger partial charge is 0.338 e. The summed E-state index contributed by atoms with van der Waals surface area (Å²) < 4.78 is 25.1. The Morgan fingerprint density at radius 1 is 1.52 bits per heavy atom. The van der Waals surface area contributed by atoms with Crippen LogP contribution in [0.4, 0.5) is 0 Å². The normalized spacial score (nSPS) is 19.9. The number of carbonyl (C=O) groups is 1. The Labute approximate surface area is 124 Å². The van der Waals surface area contributed by atoms with E-state index >= 15 is 0 Å². The average Bonchev–Trinajstić information content (AvgIpc) is 2.44. The van der Waals surface area contributed by atoms with E-state index in [-0.39, 0.29) is 11.9 Å². The zero-order valence-electron chi connectivity index (χ0n) is 11.9. The lowest BCUT2D eigenvalue weighted by Crippen LogP contribution is -2.48. The molecule has 1 aliphatic heterocycles. The molecule has 7 heteroatoms. The molecule has 1 fully saturated rings. The van der Waals surface area contributed by atoms with E-state index in [1.165, 1.54) is 6.08 Å². The van der Waals surface area contributed by atoms with Gasteiger partial charge >= 0.3 is 0 Å². The number of pyridine rings is 1. The van der Waals surface area contributed by atoms with Gasteiger partial charge in [0.15, 0.2) is 0 Å². The fourth-order valence-corrected chi connectivity index (χ4v) is 3.12. The van der Waals surface area contributed by atoms with Gasteiger partial charge in [-0.05, 0) is 30.5 Å². The first-order valence-corrected chi connectivity index (χ1v) is 8.67. The minimum Gasteiger partial charge on any atom is -0.338 e. The van der Waals surface area contributed by atoms with E-state index in [0.29, 0.717) is 13.1 Å². The molecule has 0 aromatic carbocycles. The Balaban J connectivity index is 1.94. The molecule has 2 rings (SSSR count). The fraction of sp³-hybridized carbons (Fsp3) is 0.429. The molecule has 1 atom stereocenters. The van der Waals surface area contributed by atoms with Crippen molar-refractivity contribution in [2.75, 3.05) is 19.3 Å². The first-order chi connectivity index (χ1) is 9.94. The first kappa shape index (κ1) is 15.7. The molecule has 1 aromatic rings. The predicted octanol–water partition coefficient (Wildman–Crippen LogP) is 0.635. The van der Waals surface area contributed by atoms with E-state index in [4.69, 9.17) is 0 Å². The van der Waals surface area contributed by atoms with Crippen LogP contribution in [0.15, 0.2) is 30.6 Å². The van der Waals surface area contributed by atoms with Crippen LogP contribution in [0.5, 0.6) is 0 Å². The maximum atomic E-state index is 12.1. The zero-order valence-corrected chi connectivity index (χ0v) is 12.7. The van der Waals surface area contributed by atoms with Gasteiger partial charge in [-0.25, -0.2) is 13.1 Å². The molecule has 2 heterocycles. The summed E-state index contributed by atoms with van der Waals surface area (Å²) in [6, 6.07) is 3.46. The van der Waals surface area contributed by atoms with E-state index < -0.39 is 10.0 Å². The van der Waals surface area contributed by atoms with E-state index in [0.717, 1.165) is 24.7 Å². The van der Waals surface area contributed by atoms with E-state index in [9.17, 15) is 13.2 Å². The highest BCUT2D eigenvalue weighted by Crippen LogP contribution is 2.12. The predicted molar refractivity (Wildman–Crippen MR) is 80.9 cm³/mol. The van der Waals surface area contributed by atoms with E-state index in [1.807, 2.05) is 6.07 Å². The summed E-state index contributed by atoms with van der Waals surface area (Å²) in [5, 5.41) is 0. The van der Waals surface area contributed by atoms with Crippen LogP contribution < -0.4 is 4.72 Å². The Kier molecular flexibility index (Phi) is 5.08. The van der Waals surface area contributed by atoms with Gasteiger partial charge in [0.2, 0.25) is 15.9 Å². The second-order valence-corrected chi connectivity index (χ2v) is 6.91. The Morgan fingerprint density at radius 2 is 2.33 bits per heavy atom. The van der Waals surface area contributed by atoms with Crippen molar-refractivity contribution in [2.45, 2.75) is 18.9 Å². The molecule has 1 saturated heterocycles. The molecule has 1 aliphatic rings. The number of hydrogen-bond acceptors (Lipinski definition) is 4. The van der Waals surface area contributed by atoms with Crippen molar-refractivity contribution in [3.63, 3.8) is 0 Å². The first-order valence-electron chi connectivity index (χ1n) is 6.78. The minimum absolute atomic E-state index is 0.112. The van der Waals surface area contributed by atoms with Gasteiger partial charge in [-0.3, -0.25) is 9.78 Å². The Morgan fingerprint density at radius 3 is 3.00 bits per heavy atom.